The Morgan fingerprint density at radius 1 is 0.515 bits per heavy atom. The zero-order valence-corrected chi connectivity index (χ0v) is 81.2. The number of nitriles is 1. The molecule has 136 heavy (non-hydrogen) atoms. The van der Waals surface area contributed by atoms with Gasteiger partial charge in [-0.2, -0.15) is 57.3 Å². The lowest BCUT2D eigenvalue weighted by atomic mass is 10.1. The van der Waals surface area contributed by atoms with E-state index in [2.05, 4.69) is 83.1 Å². The van der Waals surface area contributed by atoms with Gasteiger partial charge in [-0.25, -0.2) is 28.1 Å². The third-order valence-electron chi connectivity index (χ3n) is 19.6. The molecule has 0 saturated heterocycles. The normalized spacial score (nSPS) is 12.0. The lowest BCUT2D eigenvalue weighted by Gasteiger charge is -2.22. The fraction of sp³-hybridized carbons (Fsp3) is 0.278. The molecule has 0 aliphatic heterocycles. The molecular weight excluding hydrogens is 1910 g/mol. The molecule has 0 radical (unpaired) electrons. The van der Waals surface area contributed by atoms with E-state index < -0.39 is 17.1 Å². The number of pyridine rings is 6. The summed E-state index contributed by atoms with van der Waals surface area (Å²) in [7, 11) is 2.89. The van der Waals surface area contributed by atoms with Crippen LogP contribution < -0.4 is 40.9 Å². The second-order valence-electron chi connectivity index (χ2n) is 28.9. The van der Waals surface area contributed by atoms with Crippen LogP contribution in [0.5, 0.6) is 0 Å². The minimum Gasteiger partial charge on any atom is -0.469 e. The summed E-state index contributed by atoms with van der Waals surface area (Å²) in [6.07, 6.45) is 45.5. The number of nitrogens with zero attached hydrogens (tertiary/aromatic N) is 27. The number of hydrogen-bond donors (Lipinski definition) is 3. The van der Waals surface area contributed by atoms with Gasteiger partial charge in [0.1, 0.15) is 45.8 Å². The van der Waals surface area contributed by atoms with Crippen molar-refractivity contribution in [3.05, 3.63) is 264 Å². The van der Waals surface area contributed by atoms with Gasteiger partial charge in [-0.15, -0.1) is 0 Å². The number of thiol groups is 1. The molecule has 2 unspecified atom stereocenters. The average Bonchev–Trinajstić information content (AvgIpc) is 1.66. The van der Waals surface area contributed by atoms with Gasteiger partial charge in [-0.05, 0) is 168 Å². The van der Waals surface area contributed by atoms with E-state index in [-0.39, 0.29) is 90.2 Å². The lowest BCUT2D eigenvalue weighted by Crippen LogP contribution is -2.39. The molecule has 0 spiro atoms. The summed E-state index contributed by atoms with van der Waals surface area (Å²) >= 11 is 41.2. The van der Waals surface area contributed by atoms with E-state index in [9.17, 15) is 37.5 Å². The van der Waals surface area contributed by atoms with Gasteiger partial charge in [0, 0.05) is 122 Å². The van der Waals surface area contributed by atoms with E-state index in [1.165, 1.54) is 41.4 Å². The van der Waals surface area contributed by atoms with Crippen LogP contribution >= 0.6 is 94.0 Å². The maximum atomic E-state index is 13.4. The molecule has 1 fully saturated rings. The Morgan fingerprint density at radius 2 is 0.868 bits per heavy atom. The molecule has 1 aliphatic carbocycles. The largest absolute Gasteiger partial charge is 0.469 e. The molecule has 13 aromatic rings. The molecule has 46 heteroatoms. The summed E-state index contributed by atoms with van der Waals surface area (Å²) in [5, 5.41) is 32.0. The number of thioether (sulfide) groups is 1. The van der Waals surface area contributed by atoms with Crippen molar-refractivity contribution in [1.82, 2.24) is 88.6 Å². The van der Waals surface area contributed by atoms with E-state index in [1.807, 2.05) is 88.4 Å². The smallest absolute Gasteiger partial charge is 0.370 e. The van der Waals surface area contributed by atoms with E-state index >= 15 is 0 Å². The predicted octanol–water partition coefficient (Wildman–Crippen LogP) is 16.0. The number of aliphatic imine (C=N–C) groups is 2. The molecule has 4 N–H and O–H groups in total. The molecule has 14 rings (SSSR count). The van der Waals surface area contributed by atoms with Gasteiger partial charge in [0.15, 0.2) is 30.9 Å². The summed E-state index contributed by atoms with van der Waals surface area (Å²) in [5.74, 6) is -1.06. The minimum absolute atomic E-state index is 0.0264. The van der Waals surface area contributed by atoms with Crippen LogP contribution in [0.3, 0.4) is 0 Å². The number of aromatic nitrogens is 18. The first-order chi connectivity index (χ1) is 65.5. The average molecular weight is 2010 g/mol. The number of alkyl halides is 2. The van der Waals surface area contributed by atoms with Gasteiger partial charge in [0.25, 0.3) is 0 Å². The number of carbonyl (C=O) groups is 6. The molecule has 6 amide bonds. The van der Waals surface area contributed by atoms with Gasteiger partial charge in [0.2, 0.25) is 29.5 Å². The van der Waals surface area contributed by atoms with Gasteiger partial charge >= 0.3 is 11.2 Å². The second-order valence-corrected chi connectivity index (χ2v) is 32.5. The van der Waals surface area contributed by atoms with E-state index in [4.69, 9.17) is 90.8 Å². The molecule has 36 nitrogen and oxygen atoms in total. The maximum Gasteiger partial charge on any atom is 0.370 e. The number of rotatable bonds is 33. The highest BCUT2D eigenvalue weighted by atomic mass is 35.5. The first-order valence-electron chi connectivity index (χ1n) is 41.9. The fourth-order valence-corrected chi connectivity index (χ4v) is 14.2. The van der Waals surface area contributed by atoms with Gasteiger partial charge < -0.3 is 45.3 Å². The van der Waals surface area contributed by atoms with Crippen molar-refractivity contribution < 1.29 is 42.0 Å². The first kappa shape index (κ1) is 106. The number of aryl methyl sites for hydroxylation is 1. The van der Waals surface area contributed by atoms with Crippen LogP contribution in [0.1, 0.15) is 72.5 Å². The van der Waals surface area contributed by atoms with Crippen molar-refractivity contribution in [1.29, 1.82) is 5.26 Å². The Kier molecular flexibility index (Phi) is 41.8. The maximum absolute atomic E-state index is 13.4. The highest BCUT2D eigenvalue weighted by molar-refractivity contribution is 8.00. The number of carbonyl (C=O) groups excluding carboxylic acids is 6. The van der Waals surface area contributed by atoms with Crippen LogP contribution in [0.4, 0.5) is 42.9 Å². The van der Waals surface area contributed by atoms with Crippen LogP contribution in [0.15, 0.2) is 242 Å². The van der Waals surface area contributed by atoms with Crippen molar-refractivity contribution in [3.8, 4) is 40.2 Å². The predicted molar refractivity (Wildman–Crippen MR) is 530 cm³/mol. The van der Waals surface area contributed by atoms with Crippen LogP contribution in [0.25, 0.3) is 34.1 Å². The third kappa shape index (κ3) is 30.2. The zero-order chi connectivity index (χ0) is 98.4. The summed E-state index contributed by atoms with van der Waals surface area (Å²) < 4.78 is 41.5. The fourth-order valence-electron chi connectivity index (χ4n) is 12.3. The van der Waals surface area contributed by atoms with Crippen molar-refractivity contribution in [2.75, 3.05) is 94.8 Å². The summed E-state index contributed by atoms with van der Waals surface area (Å²) in [6, 6.07) is 27.4. The van der Waals surface area contributed by atoms with Gasteiger partial charge in [-0.3, -0.25) is 68.7 Å². The van der Waals surface area contributed by atoms with Crippen molar-refractivity contribution >= 4 is 176 Å². The molecular formula is C90H97Cl6F2N29O7S2. The summed E-state index contributed by atoms with van der Waals surface area (Å²) in [5.41, 5.74) is 17.8. The van der Waals surface area contributed by atoms with E-state index in [1.54, 1.807) is 217 Å². The first-order valence-corrected chi connectivity index (χ1v) is 46.1. The third-order valence-corrected chi connectivity index (χ3v) is 22.1. The number of furan rings is 1. The van der Waals surface area contributed by atoms with Crippen molar-refractivity contribution in [3.63, 3.8) is 0 Å². The highest BCUT2D eigenvalue weighted by Gasteiger charge is 2.42. The number of hydrogen-bond acceptors (Lipinski definition) is 26. The molecule has 2 atom stereocenters. The molecule has 0 aromatic carbocycles. The van der Waals surface area contributed by atoms with Crippen LogP contribution in [0.2, 0.25) is 30.9 Å². The molecule has 13 heterocycles. The Balaban J connectivity index is 0.000000183. The quantitative estimate of drug-likeness (QED) is 0.0254. The number of halogens is 8. The number of anilines is 6. The van der Waals surface area contributed by atoms with E-state index in [0.717, 1.165) is 58.2 Å². The molecule has 1 aliphatic rings. The Labute approximate surface area is 822 Å². The molecule has 1 saturated carbocycles. The van der Waals surface area contributed by atoms with Gasteiger partial charge in [0.05, 0.1) is 133 Å². The molecule has 0 bridgehead atoms. The number of amides is 6. The monoisotopic (exact) mass is 2010 g/mol. The highest BCUT2D eigenvalue weighted by Crippen LogP contribution is 2.38. The Bertz CT molecular complexity index is 6170. The van der Waals surface area contributed by atoms with Crippen LogP contribution in [-0.4, -0.2) is 207 Å². The SMILES string of the molecule is CC(C#N)C(=O)N(CC1CC1)c1cn(-c2cccnc2)nc1Cl.CCN(C(=O)C(C)CN=CC=CN)c1cn(-c2cccnc2)nc1Cl.CCN(C(=O)CCN=CC=CN)c1cn(-c2cccnc2)nc1Cl.CCN(C(=O)CCc1ccco1)c1cn(-c2cccnc2)nc1Cl.CN(C(=O)CCS)c1cn(-c2cccnc2)nc1Cl.CSC(F)(F)C(=O)N(C)c1cn(-c2cccnc2)nc1Cl. The zero-order valence-electron chi connectivity index (χ0n) is 74.9. The molecule has 13 aromatic heterocycles. The Morgan fingerprint density at radius 3 is 1.20 bits per heavy atom. The number of nitrogens with two attached hydrogens (primary N) is 2. The van der Waals surface area contributed by atoms with Crippen molar-refractivity contribution in [2.45, 2.75) is 78.4 Å². The molecule has 712 valence electrons. The van der Waals surface area contributed by atoms with E-state index in [0.29, 0.717) is 104 Å². The second kappa shape index (κ2) is 53.5. The van der Waals surface area contributed by atoms with Crippen LogP contribution in [0, 0.1) is 29.1 Å². The van der Waals surface area contributed by atoms with Crippen molar-refractivity contribution in [2.24, 2.45) is 39.2 Å². The minimum atomic E-state index is -3.52. The van der Waals surface area contributed by atoms with Gasteiger partial charge in [-0.1, -0.05) is 88.3 Å². The topological polar surface area (TPSA) is 420 Å². The summed E-state index contributed by atoms with van der Waals surface area (Å²) in [4.78, 5) is 115. The standard InChI is InChI=1S/C17H21ClN6O.C17H17ClN4O2.C16H19ClN6O.C16H16ClN5O.C12H11ClF2N4OS.C12H13ClN4OS/c1-3-23(17(25)13(2)10-20-9-5-7-19)15-12-24(22-16(15)18)14-6-4-8-21-11-14;1-2-21(16(23)8-7-14-6-4-10-24-14)15-12-22(20-17(15)18)13-5-3-9-19-11-13;1-2-22(15(24)6-10-19-9-4-7-18)14-12-23(21-16(14)17)13-5-3-8-20-11-13;1-11(7-18)16(23)21(9-12-4-5-12)14-10-22(20-15(14)17)13-3-2-6-19-8-13;1-18(11(20)12(14,15)21-2)9-7-19(17-10(9)13)8-4-3-5-16-6-8;1-16(11(18)4-6-19)10-8-17(15-12(10)13)9-3-2-5-14-7-9/h4-9,11-13H,3,10,19H2,1-2H3;3-6,9-12H,2,7-8H2,1H3;3-5,7-9,11-12H,2,6,10,18H2,1H3;2-3,6,8,10-12H,4-5,9H2,1H3;3-7H,1-2H3;2-3,5,7-8,19H,4,6H2,1H3. The Hall–Kier alpha value is -13.5. The lowest BCUT2D eigenvalue weighted by molar-refractivity contribution is -0.131. The number of allylic oxidation sites excluding steroid dienone is 2. The summed E-state index contributed by atoms with van der Waals surface area (Å²) in [6.45, 7) is 11.9. The van der Waals surface area contributed by atoms with Crippen LogP contribution in [-0.2, 0) is 35.2 Å².